The normalized spacial score (nSPS) is 11.0. The Bertz CT molecular complexity index is 595. The zero-order chi connectivity index (χ0) is 10.3. The highest BCUT2D eigenvalue weighted by molar-refractivity contribution is 7.16. The Morgan fingerprint density at radius 2 is 2.20 bits per heavy atom. The SMILES string of the molecule is Cc1nn(-c2ccccn2)c2sccc12. The lowest BCUT2D eigenvalue weighted by molar-refractivity contribution is 0.862. The predicted molar refractivity (Wildman–Crippen MR) is 61.5 cm³/mol. The van der Waals surface area contributed by atoms with Gasteiger partial charge in [0.15, 0.2) is 5.82 Å². The van der Waals surface area contributed by atoms with Crippen molar-refractivity contribution in [2.45, 2.75) is 6.92 Å². The van der Waals surface area contributed by atoms with Crippen molar-refractivity contribution in [1.82, 2.24) is 14.8 Å². The molecule has 74 valence electrons. The lowest BCUT2D eigenvalue weighted by Gasteiger charge is -1.98. The first-order valence-electron chi connectivity index (χ1n) is 4.70. The minimum Gasteiger partial charge on any atom is -0.237 e. The first-order chi connectivity index (χ1) is 7.36. The summed E-state index contributed by atoms with van der Waals surface area (Å²) in [6.45, 7) is 2.02. The summed E-state index contributed by atoms with van der Waals surface area (Å²) < 4.78 is 1.90. The second-order valence-corrected chi connectivity index (χ2v) is 4.22. The van der Waals surface area contributed by atoms with Gasteiger partial charge in [0.25, 0.3) is 0 Å². The van der Waals surface area contributed by atoms with Gasteiger partial charge < -0.3 is 0 Å². The predicted octanol–water partition coefficient (Wildman–Crippen LogP) is 2.79. The van der Waals surface area contributed by atoms with Gasteiger partial charge in [-0.15, -0.1) is 11.3 Å². The van der Waals surface area contributed by atoms with Crippen molar-refractivity contribution in [3.8, 4) is 5.82 Å². The summed E-state index contributed by atoms with van der Waals surface area (Å²) in [7, 11) is 0. The number of aryl methyl sites for hydroxylation is 1. The van der Waals surface area contributed by atoms with Gasteiger partial charge in [-0.1, -0.05) is 6.07 Å². The Labute approximate surface area is 91.0 Å². The molecule has 0 saturated carbocycles. The Hall–Kier alpha value is -1.68. The second kappa shape index (κ2) is 3.17. The van der Waals surface area contributed by atoms with Crippen molar-refractivity contribution in [2.24, 2.45) is 0 Å². The Morgan fingerprint density at radius 3 is 3.00 bits per heavy atom. The van der Waals surface area contributed by atoms with Crippen LogP contribution in [0, 0.1) is 6.92 Å². The summed E-state index contributed by atoms with van der Waals surface area (Å²) in [6.07, 6.45) is 1.78. The van der Waals surface area contributed by atoms with Crippen LogP contribution in [0.4, 0.5) is 0 Å². The van der Waals surface area contributed by atoms with E-state index >= 15 is 0 Å². The summed E-state index contributed by atoms with van der Waals surface area (Å²) in [5.41, 5.74) is 1.05. The number of aromatic nitrogens is 3. The van der Waals surface area contributed by atoms with Gasteiger partial charge in [0.2, 0.25) is 0 Å². The van der Waals surface area contributed by atoms with E-state index in [0.717, 1.165) is 16.3 Å². The van der Waals surface area contributed by atoms with Crippen LogP contribution >= 0.6 is 11.3 Å². The number of hydrogen-bond donors (Lipinski definition) is 0. The van der Waals surface area contributed by atoms with E-state index in [1.807, 2.05) is 29.8 Å². The summed E-state index contributed by atoms with van der Waals surface area (Å²) in [6, 6.07) is 7.94. The molecule has 4 heteroatoms. The molecule has 0 atom stereocenters. The summed E-state index contributed by atoms with van der Waals surface area (Å²) >= 11 is 1.69. The van der Waals surface area contributed by atoms with Gasteiger partial charge in [-0.2, -0.15) is 5.10 Å². The van der Waals surface area contributed by atoms with E-state index in [4.69, 9.17) is 0 Å². The molecule has 0 radical (unpaired) electrons. The zero-order valence-electron chi connectivity index (χ0n) is 8.21. The van der Waals surface area contributed by atoms with Gasteiger partial charge in [0, 0.05) is 11.6 Å². The van der Waals surface area contributed by atoms with E-state index in [1.165, 1.54) is 5.39 Å². The monoisotopic (exact) mass is 215 g/mol. The summed E-state index contributed by atoms with van der Waals surface area (Å²) in [4.78, 5) is 5.46. The molecular weight excluding hydrogens is 206 g/mol. The van der Waals surface area contributed by atoms with Crippen molar-refractivity contribution >= 4 is 21.6 Å². The number of hydrogen-bond acceptors (Lipinski definition) is 3. The highest BCUT2D eigenvalue weighted by Crippen LogP contribution is 2.25. The van der Waals surface area contributed by atoms with Crippen LogP contribution in [0.25, 0.3) is 16.0 Å². The summed E-state index contributed by atoms with van der Waals surface area (Å²) in [5.74, 6) is 0.873. The second-order valence-electron chi connectivity index (χ2n) is 3.32. The molecule has 0 N–H and O–H groups in total. The van der Waals surface area contributed by atoms with Crippen molar-refractivity contribution < 1.29 is 0 Å². The summed E-state index contributed by atoms with van der Waals surface area (Å²) in [5, 5.41) is 7.78. The third-order valence-corrected chi connectivity index (χ3v) is 3.23. The molecule has 3 aromatic heterocycles. The average molecular weight is 215 g/mol. The third-order valence-electron chi connectivity index (χ3n) is 2.34. The van der Waals surface area contributed by atoms with Crippen LogP contribution in [0.2, 0.25) is 0 Å². The third kappa shape index (κ3) is 1.26. The maximum atomic E-state index is 4.48. The molecule has 0 saturated heterocycles. The maximum Gasteiger partial charge on any atom is 0.154 e. The van der Waals surface area contributed by atoms with Crippen LogP contribution in [0.1, 0.15) is 5.69 Å². The number of rotatable bonds is 1. The average Bonchev–Trinajstić information content (AvgIpc) is 2.84. The minimum absolute atomic E-state index is 0.873. The maximum absolute atomic E-state index is 4.48. The molecule has 0 fully saturated rings. The molecule has 0 spiro atoms. The zero-order valence-corrected chi connectivity index (χ0v) is 9.03. The molecule has 0 aromatic carbocycles. The van der Waals surface area contributed by atoms with Crippen LogP contribution < -0.4 is 0 Å². The van der Waals surface area contributed by atoms with Gasteiger partial charge >= 0.3 is 0 Å². The molecule has 0 aliphatic heterocycles. The molecule has 0 aliphatic rings. The molecule has 0 aliphatic carbocycles. The number of thiophene rings is 1. The van der Waals surface area contributed by atoms with E-state index in [-0.39, 0.29) is 0 Å². The fourth-order valence-corrected chi connectivity index (χ4v) is 2.53. The van der Waals surface area contributed by atoms with Gasteiger partial charge in [0.1, 0.15) is 4.83 Å². The molecule has 3 aromatic rings. The van der Waals surface area contributed by atoms with E-state index < -0.39 is 0 Å². The highest BCUT2D eigenvalue weighted by atomic mass is 32.1. The molecule has 3 nitrogen and oxygen atoms in total. The van der Waals surface area contributed by atoms with Crippen molar-refractivity contribution in [2.75, 3.05) is 0 Å². The van der Waals surface area contributed by atoms with Crippen LogP contribution in [-0.4, -0.2) is 14.8 Å². The Kier molecular flexibility index (Phi) is 1.82. The molecule has 15 heavy (non-hydrogen) atoms. The van der Waals surface area contributed by atoms with Crippen molar-refractivity contribution in [3.63, 3.8) is 0 Å². The molecule has 3 rings (SSSR count). The topological polar surface area (TPSA) is 30.7 Å². The van der Waals surface area contributed by atoms with Crippen molar-refractivity contribution in [3.05, 3.63) is 41.5 Å². The lowest BCUT2D eigenvalue weighted by Crippen LogP contribution is -1.97. The standard InChI is InChI=1S/C11H9N3S/c1-8-9-5-7-15-11(9)14(13-8)10-4-2-3-6-12-10/h2-7H,1H3. The first kappa shape index (κ1) is 8.61. The molecule has 0 bridgehead atoms. The first-order valence-corrected chi connectivity index (χ1v) is 5.58. The van der Waals surface area contributed by atoms with E-state index in [9.17, 15) is 0 Å². The molecular formula is C11H9N3S. The smallest absolute Gasteiger partial charge is 0.154 e. The number of nitrogens with zero attached hydrogens (tertiary/aromatic N) is 3. The van der Waals surface area contributed by atoms with Gasteiger partial charge in [0.05, 0.1) is 5.69 Å². The fourth-order valence-electron chi connectivity index (χ4n) is 1.62. The number of fused-ring (bicyclic) bond motifs is 1. The van der Waals surface area contributed by atoms with Crippen LogP contribution in [0.3, 0.4) is 0 Å². The largest absolute Gasteiger partial charge is 0.237 e. The van der Waals surface area contributed by atoms with Crippen LogP contribution in [-0.2, 0) is 0 Å². The van der Waals surface area contributed by atoms with Gasteiger partial charge in [-0.05, 0) is 30.5 Å². The van der Waals surface area contributed by atoms with Gasteiger partial charge in [-0.25, -0.2) is 9.67 Å². The molecule has 0 amide bonds. The van der Waals surface area contributed by atoms with E-state index in [2.05, 4.69) is 21.5 Å². The molecule has 0 unspecified atom stereocenters. The number of pyridine rings is 1. The fraction of sp³-hybridized carbons (Fsp3) is 0.0909. The Balaban J connectivity index is 2.32. The Morgan fingerprint density at radius 1 is 1.27 bits per heavy atom. The highest BCUT2D eigenvalue weighted by Gasteiger charge is 2.09. The lowest BCUT2D eigenvalue weighted by atomic mass is 10.3. The van der Waals surface area contributed by atoms with Gasteiger partial charge in [-0.3, -0.25) is 0 Å². The van der Waals surface area contributed by atoms with E-state index in [1.54, 1.807) is 17.5 Å². The molecule has 3 heterocycles. The quantitative estimate of drug-likeness (QED) is 0.625. The van der Waals surface area contributed by atoms with E-state index in [0.29, 0.717) is 0 Å². The van der Waals surface area contributed by atoms with Crippen LogP contribution in [0.15, 0.2) is 35.8 Å². The van der Waals surface area contributed by atoms with Crippen molar-refractivity contribution in [1.29, 1.82) is 0 Å². The minimum atomic E-state index is 0.873. The van der Waals surface area contributed by atoms with Crippen LogP contribution in [0.5, 0.6) is 0 Å².